The van der Waals surface area contributed by atoms with Gasteiger partial charge in [0.25, 0.3) is 0 Å². The summed E-state index contributed by atoms with van der Waals surface area (Å²) in [5.74, 6) is 0. The molecule has 2 unspecified atom stereocenters. The summed E-state index contributed by atoms with van der Waals surface area (Å²) in [5, 5.41) is 15.6. The van der Waals surface area contributed by atoms with E-state index in [-0.39, 0.29) is 6.04 Å². The molecule has 0 amide bonds. The largest absolute Gasteiger partial charge is 0.385 e. The smallest absolute Gasteiger partial charge is 0.108 e. The molecule has 2 heterocycles. The van der Waals surface area contributed by atoms with Crippen molar-refractivity contribution in [1.29, 1.82) is 0 Å². The predicted octanol–water partition coefficient (Wildman–Crippen LogP) is 2.82. The van der Waals surface area contributed by atoms with Crippen molar-refractivity contribution >= 4 is 17.0 Å². The fourth-order valence-electron chi connectivity index (χ4n) is 2.18. The number of nitrogens with one attached hydrogen (secondary N) is 1. The SMILES string of the molecule is OC(c1cccs1)C1Cc2ccccc2N1. The van der Waals surface area contributed by atoms with Crippen LogP contribution in [0.1, 0.15) is 16.5 Å². The van der Waals surface area contributed by atoms with Crippen LogP contribution >= 0.6 is 11.3 Å². The van der Waals surface area contributed by atoms with Crippen molar-refractivity contribution in [2.45, 2.75) is 18.6 Å². The lowest BCUT2D eigenvalue weighted by molar-refractivity contribution is 0.160. The highest BCUT2D eigenvalue weighted by Gasteiger charge is 2.27. The lowest BCUT2D eigenvalue weighted by atomic mass is 10.0. The van der Waals surface area contributed by atoms with E-state index in [2.05, 4.69) is 17.4 Å². The van der Waals surface area contributed by atoms with Crippen LogP contribution in [0.2, 0.25) is 0 Å². The van der Waals surface area contributed by atoms with Crippen LogP contribution in [0.25, 0.3) is 0 Å². The maximum absolute atomic E-state index is 10.2. The Bertz CT molecular complexity index is 455. The fourth-order valence-corrected chi connectivity index (χ4v) is 2.95. The van der Waals surface area contributed by atoms with Crippen LogP contribution in [0.5, 0.6) is 0 Å². The van der Waals surface area contributed by atoms with E-state index in [0.717, 1.165) is 17.0 Å². The third-order valence-electron chi connectivity index (χ3n) is 3.01. The van der Waals surface area contributed by atoms with Crippen molar-refractivity contribution in [2.75, 3.05) is 5.32 Å². The summed E-state index contributed by atoms with van der Waals surface area (Å²) in [6.07, 6.45) is 0.488. The van der Waals surface area contributed by atoms with Crippen molar-refractivity contribution in [1.82, 2.24) is 0 Å². The molecule has 1 aromatic heterocycles. The zero-order valence-electron chi connectivity index (χ0n) is 8.76. The zero-order chi connectivity index (χ0) is 11.0. The Balaban J connectivity index is 1.81. The van der Waals surface area contributed by atoms with Gasteiger partial charge in [0.05, 0.1) is 6.04 Å². The van der Waals surface area contributed by atoms with E-state index in [0.29, 0.717) is 0 Å². The van der Waals surface area contributed by atoms with Gasteiger partial charge in [0.15, 0.2) is 0 Å². The number of hydrogen-bond donors (Lipinski definition) is 2. The average Bonchev–Trinajstić information content (AvgIpc) is 2.97. The highest BCUT2D eigenvalue weighted by molar-refractivity contribution is 7.10. The molecule has 0 fully saturated rings. The molecule has 82 valence electrons. The topological polar surface area (TPSA) is 32.3 Å². The van der Waals surface area contributed by atoms with E-state index in [1.807, 2.05) is 29.6 Å². The first-order valence-electron chi connectivity index (χ1n) is 5.40. The standard InChI is InChI=1S/C13H13NOS/c15-13(12-6-3-7-16-12)11-8-9-4-1-2-5-10(9)14-11/h1-7,11,13-15H,8H2. The molecule has 2 nitrogen and oxygen atoms in total. The van der Waals surface area contributed by atoms with Crippen molar-refractivity contribution in [3.63, 3.8) is 0 Å². The number of thiophene rings is 1. The highest BCUT2D eigenvalue weighted by atomic mass is 32.1. The van der Waals surface area contributed by atoms with Crippen molar-refractivity contribution in [2.24, 2.45) is 0 Å². The van der Waals surface area contributed by atoms with E-state index >= 15 is 0 Å². The maximum atomic E-state index is 10.2. The first-order valence-corrected chi connectivity index (χ1v) is 6.28. The second-order valence-electron chi connectivity index (χ2n) is 4.07. The van der Waals surface area contributed by atoms with E-state index in [4.69, 9.17) is 0 Å². The Morgan fingerprint density at radius 2 is 2.12 bits per heavy atom. The van der Waals surface area contributed by atoms with E-state index in [9.17, 15) is 5.11 Å². The summed E-state index contributed by atoms with van der Waals surface area (Å²) in [4.78, 5) is 1.03. The van der Waals surface area contributed by atoms with E-state index in [1.54, 1.807) is 11.3 Å². The van der Waals surface area contributed by atoms with Crippen LogP contribution in [0.3, 0.4) is 0 Å². The molecule has 1 aliphatic rings. The van der Waals surface area contributed by atoms with Gasteiger partial charge in [-0.05, 0) is 29.5 Å². The average molecular weight is 231 g/mol. The Morgan fingerprint density at radius 1 is 1.25 bits per heavy atom. The first-order chi connectivity index (χ1) is 7.84. The van der Waals surface area contributed by atoms with Crippen molar-refractivity contribution < 1.29 is 5.11 Å². The second kappa shape index (κ2) is 3.92. The van der Waals surface area contributed by atoms with Crippen LogP contribution in [-0.4, -0.2) is 11.1 Å². The van der Waals surface area contributed by atoms with Gasteiger partial charge in [-0.25, -0.2) is 0 Å². The molecular formula is C13H13NOS. The van der Waals surface area contributed by atoms with Gasteiger partial charge >= 0.3 is 0 Å². The molecule has 0 saturated heterocycles. The van der Waals surface area contributed by atoms with Crippen LogP contribution in [0.15, 0.2) is 41.8 Å². The number of fused-ring (bicyclic) bond motifs is 1. The molecular weight excluding hydrogens is 218 g/mol. The summed E-state index contributed by atoms with van der Waals surface area (Å²) < 4.78 is 0. The molecule has 2 aromatic rings. The van der Waals surface area contributed by atoms with E-state index in [1.165, 1.54) is 5.56 Å². The van der Waals surface area contributed by atoms with Gasteiger partial charge < -0.3 is 10.4 Å². The third-order valence-corrected chi connectivity index (χ3v) is 3.96. The summed E-state index contributed by atoms with van der Waals surface area (Å²) in [7, 11) is 0. The molecule has 3 rings (SSSR count). The van der Waals surface area contributed by atoms with Gasteiger partial charge in [-0.3, -0.25) is 0 Å². The first kappa shape index (κ1) is 9.87. The van der Waals surface area contributed by atoms with Gasteiger partial charge in [0.1, 0.15) is 6.10 Å². The number of para-hydroxylation sites is 1. The van der Waals surface area contributed by atoms with Gasteiger partial charge in [0.2, 0.25) is 0 Å². The lowest BCUT2D eigenvalue weighted by Gasteiger charge is -2.17. The number of benzene rings is 1. The number of rotatable bonds is 2. The number of hydrogen-bond acceptors (Lipinski definition) is 3. The normalized spacial score (nSPS) is 20.2. The van der Waals surface area contributed by atoms with Crippen LogP contribution in [0.4, 0.5) is 5.69 Å². The summed E-state index contributed by atoms with van der Waals surface area (Å²) in [6, 6.07) is 12.3. The monoisotopic (exact) mass is 231 g/mol. The predicted molar refractivity (Wildman–Crippen MR) is 66.8 cm³/mol. The Hall–Kier alpha value is -1.32. The molecule has 0 aliphatic carbocycles. The molecule has 0 radical (unpaired) electrons. The fraction of sp³-hybridized carbons (Fsp3) is 0.231. The lowest BCUT2D eigenvalue weighted by Crippen LogP contribution is -2.24. The molecule has 0 spiro atoms. The molecule has 0 bridgehead atoms. The van der Waals surface area contributed by atoms with Gasteiger partial charge in [-0.1, -0.05) is 24.3 Å². The van der Waals surface area contributed by atoms with Crippen LogP contribution in [0, 0.1) is 0 Å². The molecule has 1 aromatic carbocycles. The quantitative estimate of drug-likeness (QED) is 0.833. The van der Waals surface area contributed by atoms with Crippen molar-refractivity contribution in [3.8, 4) is 0 Å². The zero-order valence-corrected chi connectivity index (χ0v) is 9.58. The van der Waals surface area contributed by atoms with Crippen molar-refractivity contribution in [3.05, 3.63) is 52.2 Å². The molecule has 2 N–H and O–H groups in total. The molecule has 1 aliphatic heterocycles. The summed E-state index contributed by atoms with van der Waals surface area (Å²) >= 11 is 1.61. The van der Waals surface area contributed by atoms with Gasteiger partial charge in [-0.15, -0.1) is 11.3 Å². The van der Waals surface area contributed by atoms with Crippen LogP contribution in [-0.2, 0) is 6.42 Å². The molecule has 0 saturated carbocycles. The van der Waals surface area contributed by atoms with Crippen LogP contribution < -0.4 is 5.32 Å². The second-order valence-corrected chi connectivity index (χ2v) is 5.05. The molecule has 3 heteroatoms. The Kier molecular flexibility index (Phi) is 2.42. The summed E-state index contributed by atoms with van der Waals surface area (Å²) in [5.41, 5.74) is 2.45. The Labute approximate surface area is 98.6 Å². The van der Waals surface area contributed by atoms with Gasteiger partial charge in [-0.2, -0.15) is 0 Å². The van der Waals surface area contributed by atoms with E-state index < -0.39 is 6.10 Å². The minimum Gasteiger partial charge on any atom is -0.385 e. The minimum absolute atomic E-state index is 0.107. The minimum atomic E-state index is -0.410. The molecule has 2 atom stereocenters. The maximum Gasteiger partial charge on any atom is 0.108 e. The number of aliphatic hydroxyl groups is 1. The number of anilines is 1. The highest BCUT2D eigenvalue weighted by Crippen LogP contribution is 2.33. The third kappa shape index (κ3) is 1.62. The Morgan fingerprint density at radius 3 is 2.88 bits per heavy atom. The number of aliphatic hydroxyl groups excluding tert-OH is 1. The van der Waals surface area contributed by atoms with Gasteiger partial charge in [0, 0.05) is 10.6 Å². The molecule has 16 heavy (non-hydrogen) atoms. The summed E-state index contributed by atoms with van der Waals surface area (Å²) in [6.45, 7) is 0.